The van der Waals surface area contributed by atoms with E-state index in [0.717, 1.165) is 23.1 Å². The Kier molecular flexibility index (Phi) is 9.39. The second kappa shape index (κ2) is 12.7. The molecule has 5 heteroatoms. The van der Waals surface area contributed by atoms with Crippen molar-refractivity contribution < 1.29 is 14.0 Å². The van der Waals surface area contributed by atoms with Crippen molar-refractivity contribution in [1.82, 2.24) is 10.2 Å². The molecule has 0 aliphatic heterocycles. The van der Waals surface area contributed by atoms with Crippen LogP contribution >= 0.6 is 0 Å². The smallest absolute Gasteiger partial charge is 0.247 e. The van der Waals surface area contributed by atoms with Crippen molar-refractivity contribution in [2.24, 2.45) is 5.92 Å². The largest absolute Gasteiger partial charge is 0.354 e. The van der Waals surface area contributed by atoms with Gasteiger partial charge in [0, 0.05) is 19.5 Å². The molecular weight excluding hydrogens is 427 g/mol. The van der Waals surface area contributed by atoms with Gasteiger partial charge in [0.2, 0.25) is 11.8 Å². The zero-order valence-electron chi connectivity index (χ0n) is 19.9. The van der Waals surface area contributed by atoms with Gasteiger partial charge in [-0.1, -0.05) is 86.6 Å². The molecule has 178 valence electrons. The van der Waals surface area contributed by atoms with Gasteiger partial charge in [0.1, 0.15) is 11.9 Å². The second-order valence-electron chi connectivity index (χ2n) is 8.92. The average molecular weight is 461 g/mol. The summed E-state index contributed by atoms with van der Waals surface area (Å²) in [5.41, 5.74) is 2.58. The lowest BCUT2D eigenvalue weighted by atomic mass is 10.0. The quantitative estimate of drug-likeness (QED) is 0.400. The minimum atomic E-state index is -0.776. The molecule has 34 heavy (non-hydrogen) atoms. The number of hydrogen-bond donors (Lipinski definition) is 1. The zero-order chi connectivity index (χ0) is 24.3. The van der Waals surface area contributed by atoms with Crippen molar-refractivity contribution in [2.75, 3.05) is 6.54 Å². The summed E-state index contributed by atoms with van der Waals surface area (Å²) < 4.78 is 13.5. The summed E-state index contributed by atoms with van der Waals surface area (Å²) in [6.07, 6.45) is 1.71. The summed E-state index contributed by atoms with van der Waals surface area (Å²) in [7, 11) is 0. The van der Waals surface area contributed by atoms with E-state index in [9.17, 15) is 14.0 Å². The average Bonchev–Trinajstić information content (AvgIpc) is 2.84. The Morgan fingerprint density at radius 1 is 0.853 bits per heavy atom. The minimum absolute atomic E-state index is 0.124. The number of carbonyl (C=O) groups excluding carboxylic acids is 2. The van der Waals surface area contributed by atoms with Crippen LogP contribution in [0.1, 0.15) is 49.4 Å². The van der Waals surface area contributed by atoms with Crippen LogP contribution in [-0.4, -0.2) is 23.3 Å². The Morgan fingerprint density at radius 2 is 1.47 bits per heavy atom. The fraction of sp³-hybridized carbons (Fsp3) is 0.310. The molecule has 0 bridgehead atoms. The third-order valence-electron chi connectivity index (χ3n) is 5.75. The van der Waals surface area contributed by atoms with E-state index in [2.05, 4.69) is 19.2 Å². The lowest BCUT2D eigenvalue weighted by Gasteiger charge is -2.32. The Morgan fingerprint density at radius 3 is 2.09 bits per heavy atom. The van der Waals surface area contributed by atoms with Gasteiger partial charge in [-0.25, -0.2) is 4.39 Å². The van der Waals surface area contributed by atoms with Crippen LogP contribution in [0.25, 0.3) is 0 Å². The summed E-state index contributed by atoms with van der Waals surface area (Å²) in [5, 5.41) is 3.02. The summed E-state index contributed by atoms with van der Waals surface area (Å²) in [6, 6.07) is 24.5. The van der Waals surface area contributed by atoms with Crippen LogP contribution in [0.2, 0.25) is 0 Å². The summed E-state index contributed by atoms with van der Waals surface area (Å²) in [6.45, 7) is 4.97. The van der Waals surface area contributed by atoms with E-state index < -0.39 is 6.04 Å². The van der Waals surface area contributed by atoms with Gasteiger partial charge in [-0.05, 0) is 47.6 Å². The van der Waals surface area contributed by atoms with Gasteiger partial charge in [-0.2, -0.15) is 0 Å². The Bertz CT molecular complexity index is 1040. The second-order valence-corrected chi connectivity index (χ2v) is 8.92. The first-order chi connectivity index (χ1) is 16.4. The molecule has 0 aliphatic carbocycles. The molecule has 3 aromatic rings. The first-order valence-electron chi connectivity index (χ1n) is 11.8. The molecule has 0 spiro atoms. The number of nitrogens with zero attached hydrogens (tertiary/aromatic N) is 1. The van der Waals surface area contributed by atoms with E-state index in [0.29, 0.717) is 18.9 Å². The maximum Gasteiger partial charge on any atom is 0.247 e. The predicted molar refractivity (Wildman–Crippen MR) is 133 cm³/mol. The Labute approximate surface area is 201 Å². The molecule has 1 N–H and O–H groups in total. The monoisotopic (exact) mass is 460 g/mol. The van der Waals surface area contributed by atoms with E-state index in [-0.39, 0.29) is 30.6 Å². The molecule has 1 atom stereocenters. The van der Waals surface area contributed by atoms with E-state index in [1.165, 1.54) is 12.1 Å². The van der Waals surface area contributed by atoms with Gasteiger partial charge in [-0.3, -0.25) is 9.59 Å². The number of hydrogen-bond acceptors (Lipinski definition) is 2. The molecule has 2 amide bonds. The van der Waals surface area contributed by atoms with Gasteiger partial charge in [0.25, 0.3) is 0 Å². The molecule has 0 aromatic heterocycles. The lowest BCUT2D eigenvalue weighted by Crippen LogP contribution is -2.43. The molecule has 0 saturated carbocycles. The topological polar surface area (TPSA) is 49.4 Å². The molecule has 0 aliphatic rings. The molecule has 3 rings (SSSR count). The molecule has 0 radical (unpaired) electrons. The highest BCUT2D eigenvalue weighted by Crippen LogP contribution is 2.25. The fourth-order valence-electron chi connectivity index (χ4n) is 3.84. The van der Waals surface area contributed by atoms with Gasteiger partial charge in [0.15, 0.2) is 0 Å². The molecule has 4 nitrogen and oxygen atoms in total. The summed E-state index contributed by atoms with van der Waals surface area (Å²) >= 11 is 0. The first kappa shape index (κ1) is 25.2. The minimum Gasteiger partial charge on any atom is -0.354 e. The normalized spacial score (nSPS) is 11.8. The van der Waals surface area contributed by atoms with E-state index in [1.807, 2.05) is 60.7 Å². The number of carbonyl (C=O) groups is 2. The van der Waals surface area contributed by atoms with Crippen molar-refractivity contribution in [3.8, 4) is 0 Å². The van der Waals surface area contributed by atoms with Crippen LogP contribution in [0.3, 0.4) is 0 Å². The number of amides is 2. The molecule has 3 aromatic carbocycles. The molecule has 1 unspecified atom stereocenters. The van der Waals surface area contributed by atoms with E-state index in [4.69, 9.17) is 0 Å². The van der Waals surface area contributed by atoms with Gasteiger partial charge in [-0.15, -0.1) is 0 Å². The van der Waals surface area contributed by atoms with E-state index in [1.54, 1.807) is 17.0 Å². The standard InChI is InChI=1S/C29H33FN2O2/c1-22(2)19-20-31-29(34)28(25-11-7-4-8-12-25)32(21-24-13-16-26(30)17-14-24)27(33)18-15-23-9-5-3-6-10-23/h3-14,16-17,22,28H,15,18-21H2,1-2H3,(H,31,34). The maximum absolute atomic E-state index is 13.6. The molecule has 0 heterocycles. The predicted octanol–water partition coefficient (Wildman–Crippen LogP) is 5.69. The SMILES string of the molecule is CC(C)CCNC(=O)C(c1ccccc1)N(Cc1ccc(F)cc1)C(=O)CCc1ccccc1. The molecular formula is C29H33FN2O2. The van der Waals surface area contributed by atoms with E-state index >= 15 is 0 Å². The van der Waals surface area contributed by atoms with Crippen molar-refractivity contribution in [2.45, 2.75) is 45.7 Å². The summed E-state index contributed by atoms with van der Waals surface area (Å²) in [4.78, 5) is 28.6. The number of aryl methyl sites for hydroxylation is 1. The number of halogens is 1. The molecule has 0 saturated heterocycles. The third-order valence-corrected chi connectivity index (χ3v) is 5.75. The van der Waals surface area contributed by atoms with Crippen LogP contribution < -0.4 is 5.32 Å². The fourth-order valence-corrected chi connectivity index (χ4v) is 3.84. The molecule has 0 fully saturated rings. The highest BCUT2D eigenvalue weighted by atomic mass is 19.1. The number of rotatable bonds is 11. The number of benzene rings is 3. The van der Waals surface area contributed by atoms with Crippen LogP contribution in [0.4, 0.5) is 4.39 Å². The summed E-state index contributed by atoms with van der Waals surface area (Å²) in [5.74, 6) is -0.210. The van der Waals surface area contributed by atoms with Gasteiger partial charge in [0.05, 0.1) is 0 Å². The highest BCUT2D eigenvalue weighted by Gasteiger charge is 2.31. The van der Waals surface area contributed by atoms with Crippen molar-refractivity contribution in [3.63, 3.8) is 0 Å². The lowest BCUT2D eigenvalue weighted by molar-refractivity contribution is -0.141. The van der Waals surface area contributed by atoms with Crippen LogP contribution in [-0.2, 0) is 22.6 Å². The Hall–Kier alpha value is -3.47. The van der Waals surface area contributed by atoms with Crippen LogP contribution in [0.15, 0.2) is 84.9 Å². The maximum atomic E-state index is 13.6. The highest BCUT2D eigenvalue weighted by molar-refractivity contribution is 5.88. The first-order valence-corrected chi connectivity index (χ1v) is 11.8. The van der Waals surface area contributed by atoms with Crippen molar-refractivity contribution in [3.05, 3.63) is 107 Å². The van der Waals surface area contributed by atoms with Crippen LogP contribution in [0.5, 0.6) is 0 Å². The van der Waals surface area contributed by atoms with Gasteiger partial charge < -0.3 is 10.2 Å². The zero-order valence-corrected chi connectivity index (χ0v) is 19.9. The number of nitrogens with one attached hydrogen (secondary N) is 1. The third kappa shape index (κ3) is 7.55. The van der Waals surface area contributed by atoms with Crippen molar-refractivity contribution in [1.29, 1.82) is 0 Å². The Balaban J connectivity index is 1.89. The van der Waals surface area contributed by atoms with Crippen LogP contribution in [0, 0.1) is 11.7 Å². The van der Waals surface area contributed by atoms with Gasteiger partial charge >= 0.3 is 0 Å². The van der Waals surface area contributed by atoms with Crippen molar-refractivity contribution >= 4 is 11.8 Å².